The standard InChI is InChI=1S/C48H80O40/c49-1-9-17(56)18(57)26(65)42(74-9)82-34-10(2-50)75-41(27(66)19(34)58)73-8-16-40-25(64)33(72)48(81-16)87-39-15(7-55)79-46(31(70)23(39)62)85-37-13(5-53)77-44(29(68)21(37)60)83-35-11(3-51)76-43(28(67)20(35)59)84-36-12(4-52)78-45(30(69)22(36)61)86-38-14(6-54)80-47(88-40)32(71)24(38)63/h9-72H,1-8H2/t9-,10-,11-,12-,13-,14-,15-,16-,17-,18+,19-,20-,21-,22-,23-,24-,25-,26-,27-,28-,29-,30-,31-,32-,33-,34-,35-,36-,37-,38-,39-,40-,41-,42+,43-,44-,45-,46-,47-,48-/m1/s1. The number of rotatable bonds is 12. The lowest BCUT2D eigenvalue weighted by Crippen LogP contribution is -2.69. The van der Waals surface area contributed by atoms with E-state index in [2.05, 4.69) is 0 Å². The van der Waals surface area contributed by atoms with Crippen LogP contribution >= 0.6 is 0 Å². The van der Waals surface area contributed by atoms with E-state index < -0.39 is 299 Å². The van der Waals surface area contributed by atoms with E-state index in [9.17, 15) is 123 Å². The molecule has 0 spiro atoms. The summed E-state index contributed by atoms with van der Waals surface area (Å²) in [5.41, 5.74) is 0. The molecule has 88 heavy (non-hydrogen) atoms. The summed E-state index contributed by atoms with van der Waals surface area (Å²) < 4.78 is 91.7. The predicted molar refractivity (Wildman–Crippen MR) is 261 cm³/mol. The molecule has 0 aliphatic carbocycles. The summed E-state index contributed by atoms with van der Waals surface area (Å²) >= 11 is 0. The number of hydrogen-bond donors (Lipinski definition) is 24. The Bertz CT molecular complexity index is 2130. The largest absolute Gasteiger partial charge is 0.394 e. The molecule has 0 aromatic carbocycles. The zero-order valence-corrected chi connectivity index (χ0v) is 46.0. The van der Waals surface area contributed by atoms with Gasteiger partial charge in [0.1, 0.15) is 195 Å². The molecule has 0 unspecified atom stereocenters. The van der Waals surface area contributed by atoms with Gasteiger partial charge in [0.2, 0.25) is 0 Å². The Morgan fingerprint density at radius 1 is 0.205 bits per heavy atom. The topological polar surface area (TPSA) is 633 Å². The molecule has 0 radical (unpaired) electrons. The second kappa shape index (κ2) is 30.0. The summed E-state index contributed by atoms with van der Waals surface area (Å²) in [7, 11) is 0. The lowest BCUT2D eigenvalue weighted by atomic mass is 9.94. The molecule has 0 aromatic heterocycles. The highest BCUT2D eigenvalue weighted by atomic mass is 16.8. The monoisotopic (exact) mass is 1300 g/mol. The molecule has 24 saturated heterocycles. The van der Waals surface area contributed by atoms with Crippen LogP contribution in [0.3, 0.4) is 0 Å². The van der Waals surface area contributed by atoms with E-state index in [-0.39, 0.29) is 0 Å². The number of hydrogen-bond acceptors (Lipinski definition) is 40. The van der Waals surface area contributed by atoms with E-state index >= 15 is 0 Å². The van der Waals surface area contributed by atoms with Crippen LogP contribution in [0.2, 0.25) is 0 Å². The Balaban J connectivity index is 1.00. The fraction of sp³-hybridized carbons (Fsp3) is 1.00. The molecule has 24 rings (SSSR count). The molecular formula is C48H80O40. The minimum atomic E-state index is -2.37. The molecule has 0 amide bonds. The van der Waals surface area contributed by atoms with Gasteiger partial charge in [-0.2, -0.15) is 0 Å². The molecule has 24 aliphatic rings. The van der Waals surface area contributed by atoms with E-state index in [1.807, 2.05) is 0 Å². The van der Waals surface area contributed by atoms with Crippen LogP contribution in [-0.4, -0.2) is 421 Å². The molecule has 24 N–H and O–H groups in total. The van der Waals surface area contributed by atoms with Crippen LogP contribution in [0.1, 0.15) is 0 Å². The van der Waals surface area contributed by atoms with Gasteiger partial charge in [0.05, 0.1) is 52.9 Å². The molecule has 0 saturated carbocycles. The summed E-state index contributed by atoms with van der Waals surface area (Å²) in [5.74, 6) is 0. The van der Waals surface area contributed by atoms with Crippen LogP contribution in [-0.2, 0) is 75.8 Å². The molecular weight excluding hydrogens is 1220 g/mol. The van der Waals surface area contributed by atoms with Crippen molar-refractivity contribution in [2.24, 2.45) is 0 Å². The van der Waals surface area contributed by atoms with E-state index in [4.69, 9.17) is 75.8 Å². The van der Waals surface area contributed by atoms with Gasteiger partial charge in [-0.15, -0.1) is 0 Å². The van der Waals surface area contributed by atoms with Crippen molar-refractivity contribution in [3.63, 3.8) is 0 Å². The number of ether oxygens (including phenoxy) is 16. The lowest BCUT2D eigenvalue weighted by Gasteiger charge is -2.51. The maximum Gasteiger partial charge on any atom is 0.187 e. The third-order valence-corrected chi connectivity index (χ3v) is 16.9. The highest BCUT2D eigenvalue weighted by molar-refractivity contribution is 5.02. The molecule has 512 valence electrons. The maximum absolute atomic E-state index is 11.9. The molecule has 24 heterocycles. The second-order valence-corrected chi connectivity index (χ2v) is 22.5. The Morgan fingerprint density at radius 2 is 0.455 bits per heavy atom. The summed E-state index contributed by atoms with van der Waals surface area (Å²) in [6.07, 6.45) is -82.0. The second-order valence-electron chi connectivity index (χ2n) is 22.5. The minimum absolute atomic E-state index is 0.886. The maximum atomic E-state index is 11.9. The first-order chi connectivity index (χ1) is 41.9. The normalized spacial score (nSPS) is 55.1. The third kappa shape index (κ3) is 13.9. The molecule has 24 aliphatic heterocycles. The van der Waals surface area contributed by atoms with Crippen molar-refractivity contribution in [2.45, 2.75) is 246 Å². The predicted octanol–water partition coefficient (Wildman–Crippen LogP) is -17.4. The first-order valence-corrected chi connectivity index (χ1v) is 28.1. The van der Waals surface area contributed by atoms with Gasteiger partial charge in [-0.05, 0) is 0 Å². The van der Waals surface area contributed by atoms with Crippen molar-refractivity contribution < 1.29 is 198 Å². The van der Waals surface area contributed by atoms with E-state index in [1.54, 1.807) is 0 Å². The third-order valence-electron chi connectivity index (χ3n) is 16.9. The molecule has 0 aromatic rings. The average Bonchev–Trinajstić information content (AvgIpc) is 1.80. The van der Waals surface area contributed by atoms with Gasteiger partial charge in [-0.3, -0.25) is 0 Å². The van der Waals surface area contributed by atoms with Gasteiger partial charge in [0.15, 0.2) is 50.3 Å². The quantitative estimate of drug-likeness (QED) is 0.0863. The fourth-order valence-electron chi connectivity index (χ4n) is 11.8. The van der Waals surface area contributed by atoms with Crippen LogP contribution < -0.4 is 0 Å². The molecule has 40 heteroatoms. The van der Waals surface area contributed by atoms with Crippen molar-refractivity contribution in [1.29, 1.82) is 0 Å². The average molecular weight is 1300 g/mol. The van der Waals surface area contributed by atoms with Crippen molar-refractivity contribution in [2.75, 3.05) is 52.9 Å². The van der Waals surface area contributed by atoms with Gasteiger partial charge in [0, 0.05) is 0 Å². The number of aliphatic hydroxyl groups is 24. The number of aliphatic hydroxyl groups excluding tert-OH is 24. The first kappa shape index (κ1) is 70.7. The molecule has 40 nitrogen and oxygen atoms in total. The van der Waals surface area contributed by atoms with Crippen LogP contribution in [0.5, 0.6) is 0 Å². The molecule has 24 fully saturated rings. The fourth-order valence-corrected chi connectivity index (χ4v) is 11.8. The van der Waals surface area contributed by atoms with Gasteiger partial charge < -0.3 is 198 Å². The van der Waals surface area contributed by atoms with Crippen molar-refractivity contribution in [1.82, 2.24) is 0 Å². The van der Waals surface area contributed by atoms with E-state index in [0.29, 0.717) is 0 Å². The molecule has 40 atom stereocenters. The smallest absolute Gasteiger partial charge is 0.187 e. The zero-order valence-electron chi connectivity index (χ0n) is 46.0. The Labute approximate surface area is 496 Å². The first-order valence-electron chi connectivity index (χ1n) is 28.1. The highest BCUT2D eigenvalue weighted by Crippen LogP contribution is 2.39. The van der Waals surface area contributed by atoms with E-state index in [0.717, 1.165) is 0 Å². The van der Waals surface area contributed by atoms with Gasteiger partial charge >= 0.3 is 0 Å². The van der Waals surface area contributed by atoms with Crippen LogP contribution in [0.4, 0.5) is 0 Å². The molecule has 12 bridgehead atoms. The van der Waals surface area contributed by atoms with Crippen LogP contribution in [0.15, 0.2) is 0 Å². The Hall–Kier alpha value is -1.60. The highest BCUT2D eigenvalue weighted by Gasteiger charge is 2.60. The van der Waals surface area contributed by atoms with Gasteiger partial charge in [0.25, 0.3) is 0 Å². The van der Waals surface area contributed by atoms with Crippen molar-refractivity contribution >= 4 is 0 Å². The van der Waals surface area contributed by atoms with Crippen molar-refractivity contribution in [3.8, 4) is 0 Å². The minimum Gasteiger partial charge on any atom is -0.394 e. The van der Waals surface area contributed by atoms with Crippen molar-refractivity contribution in [3.05, 3.63) is 0 Å². The Kier molecular flexibility index (Phi) is 24.1. The van der Waals surface area contributed by atoms with Gasteiger partial charge in [-0.25, -0.2) is 0 Å². The van der Waals surface area contributed by atoms with Crippen LogP contribution in [0, 0.1) is 0 Å². The Morgan fingerprint density at radius 3 is 0.739 bits per heavy atom. The van der Waals surface area contributed by atoms with Gasteiger partial charge in [-0.1, -0.05) is 0 Å². The summed E-state index contributed by atoms with van der Waals surface area (Å²) in [6, 6.07) is 0. The summed E-state index contributed by atoms with van der Waals surface area (Å²) in [6.45, 7) is -8.43. The van der Waals surface area contributed by atoms with E-state index in [1.165, 1.54) is 0 Å². The lowest BCUT2D eigenvalue weighted by molar-refractivity contribution is -0.405. The summed E-state index contributed by atoms with van der Waals surface area (Å²) in [4.78, 5) is 0. The summed E-state index contributed by atoms with van der Waals surface area (Å²) in [5, 5.41) is 264. The SMILES string of the molecule is OC[C@H]1O[C@@H](O[C@H]2[C@H](O)[C@@H](O)[C@H](OC[C@H]3O[C@@H]4O[C@H]5[C@H](O)[C@@H](O)[C@@H](O[C@H]6[C@H](O)[C@@H](O)[C@@H](O[C@H]7[C@H](O)[C@@H](O)[C@@H](O[C@H]8[C@H](O)[C@@H](O)[C@@H](O[C@H]9[C@H](O)[C@@H](O)[C@@H](O[C@H]3[C@H](O)[C@H]4O)O[C@@H]9CO)O[C@@H]8CO)O[C@@H]7CO)O[C@@H]6CO)O[C@@H]5CO)O[C@@H]2CO)[C@H](O)[C@@H](O)[C@@H]1O. The zero-order chi connectivity index (χ0) is 64.1. The van der Waals surface area contributed by atoms with Crippen LogP contribution in [0.25, 0.3) is 0 Å².